The van der Waals surface area contributed by atoms with Crippen LogP contribution in [0.5, 0.6) is 0 Å². The Morgan fingerprint density at radius 1 is 0.900 bits per heavy atom. The van der Waals surface area contributed by atoms with E-state index in [1.165, 1.54) is 11.1 Å². The van der Waals surface area contributed by atoms with E-state index in [4.69, 9.17) is 0 Å². The first kappa shape index (κ1) is 19.0. The van der Waals surface area contributed by atoms with Crippen LogP contribution in [0.4, 0.5) is 0 Å². The summed E-state index contributed by atoms with van der Waals surface area (Å²) in [6.07, 6.45) is 5.76. The highest BCUT2D eigenvalue weighted by Gasteiger charge is 2.45. The predicted octanol–water partition coefficient (Wildman–Crippen LogP) is 4.47. The van der Waals surface area contributed by atoms with Crippen LogP contribution in [0.15, 0.2) is 79.1 Å². The third-order valence-electron chi connectivity index (χ3n) is 6.48. The Morgan fingerprint density at radius 2 is 1.47 bits per heavy atom. The lowest BCUT2D eigenvalue weighted by molar-refractivity contribution is 0.0340. The molecule has 3 heterocycles. The molecule has 2 fully saturated rings. The van der Waals surface area contributed by atoms with Crippen molar-refractivity contribution in [2.75, 3.05) is 13.1 Å². The van der Waals surface area contributed by atoms with Gasteiger partial charge in [0.05, 0.1) is 11.6 Å². The van der Waals surface area contributed by atoms with Crippen molar-refractivity contribution in [2.24, 2.45) is 0 Å². The van der Waals surface area contributed by atoms with Gasteiger partial charge in [-0.15, -0.1) is 0 Å². The van der Waals surface area contributed by atoms with E-state index >= 15 is 0 Å². The monoisotopic (exact) mass is 397 g/mol. The zero-order chi connectivity index (χ0) is 20.5. The number of hydrogen-bond donors (Lipinski definition) is 0. The fraction of sp³-hybridized carbons (Fsp3) is 0.308. The van der Waals surface area contributed by atoms with Crippen molar-refractivity contribution in [1.82, 2.24) is 14.8 Å². The lowest BCUT2D eigenvalue weighted by atomic mass is 9.94. The van der Waals surface area contributed by atoms with Crippen molar-refractivity contribution in [1.29, 1.82) is 0 Å². The van der Waals surface area contributed by atoms with Gasteiger partial charge in [0, 0.05) is 37.6 Å². The number of piperazine rings is 1. The van der Waals surface area contributed by atoms with E-state index in [9.17, 15) is 4.79 Å². The molecule has 5 rings (SSSR count). The molecule has 0 aliphatic carbocycles. The first-order chi connectivity index (χ1) is 14.7. The third-order valence-corrected chi connectivity index (χ3v) is 6.48. The first-order valence-electron chi connectivity index (χ1n) is 10.8. The zero-order valence-corrected chi connectivity index (χ0v) is 17.3. The van der Waals surface area contributed by atoms with Gasteiger partial charge >= 0.3 is 0 Å². The highest BCUT2D eigenvalue weighted by molar-refractivity contribution is 5.94. The smallest absolute Gasteiger partial charge is 0.255 e. The molecule has 3 aromatic rings. The molecule has 4 nitrogen and oxygen atoms in total. The van der Waals surface area contributed by atoms with Crippen LogP contribution in [0.25, 0.3) is 0 Å². The van der Waals surface area contributed by atoms with Gasteiger partial charge in [0.15, 0.2) is 0 Å². The van der Waals surface area contributed by atoms with Crippen LogP contribution in [0.1, 0.15) is 45.9 Å². The molecule has 2 unspecified atom stereocenters. The van der Waals surface area contributed by atoms with E-state index in [-0.39, 0.29) is 11.9 Å². The number of pyridine rings is 1. The summed E-state index contributed by atoms with van der Waals surface area (Å²) in [6, 6.07) is 24.5. The summed E-state index contributed by atoms with van der Waals surface area (Å²) in [7, 11) is 0. The van der Waals surface area contributed by atoms with Crippen LogP contribution < -0.4 is 0 Å². The van der Waals surface area contributed by atoms with Crippen LogP contribution in [0, 0.1) is 6.92 Å². The summed E-state index contributed by atoms with van der Waals surface area (Å²) in [6.45, 7) is 3.54. The molecule has 2 saturated heterocycles. The minimum absolute atomic E-state index is 0.110. The summed E-state index contributed by atoms with van der Waals surface area (Å²) < 4.78 is 0. The highest BCUT2D eigenvalue weighted by atomic mass is 16.2. The number of carbonyl (C=O) groups is 1. The van der Waals surface area contributed by atoms with Gasteiger partial charge in [0.2, 0.25) is 0 Å². The van der Waals surface area contributed by atoms with E-state index in [2.05, 4.69) is 70.5 Å². The van der Waals surface area contributed by atoms with Crippen molar-refractivity contribution in [2.45, 2.75) is 37.9 Å². The summed E-state index contributed by atoms with van der Waals surface area (Å²) in [5, 5.41) is 0. The topological polar surface area (TPSA) is 36.4 Å². The Bertz CT molecular complexity index is 967. The number of benzene rings is 2. The molecule has 2 aliphatic heterocycles. The minimum atomic E-state index is 0.110. The Kier molecular flexibility index (Phi) is 5.09. The standard InChI is InChI=1S/C26H27N3O/c1-19-14-22(16-27-15-19)26(30)28-17-23-12-13-24(18-28)29(23)25(20-8-4-2-5-9-20)21-10-6-3-7-11-21/h2-11,14-16,23-25H,12-13,17-18H2,1H3. The second-order valence-electron chi connectivity index (χ2n) is 8.52. The van der Waals surface area contributed by atoms with E-state index in [0.717, 1.165) is 31.5 Å². The van der Waals surface area contributed by atoms with Crippen LogP contribution in [0.3, 0.4) is 0 Å². The Balaban J connectivity index is 1.44. The lowest BCUT2D eigenvalue weighted by Gasteiger charge is -2.45. The largest absolute Gasteiger partial charge is 0.335 e. The fourth-order valence-electron chi connectivity index (χ4n) is 5.18. The average molecular weight is 398 g/mol. The van der Waals surface area contributed by atoms with Crippen LogP contribution in [-0.2, 0) is 0 Å². The number of aryl methyl sites for hydroxylation is 1. The lowest BCUT2D eigenvalue weighted by Crippen LogP contribution is -2.56. The maximum Gasteiger partial charge on any atom is 0.255 e. The number of amides is 1. The summed E-state index contributed by atoms with van der Waals surface area (Å²) >= 11 is 0. The molecular formula is C26H27N3O. The molecule has 2 aliphatic rings. The van der Waals surface area contributed by atoms with E-state index in [1.54, 1.807) is 12.4 Å². The van der Waals surface area contributed by atoms with Crippen LogP contribution in [0.2, 0.25) is 0 Å². The number of hydrogen-bond acceptors (Lipinski definition) is 3. The molecule has 0 spiro atoms. The van der Waals surface area contributed by atoms with Crippen LogP contribution >= 0.6 is 0 Å². The normalized spacial score (nSPS) is 21.2. The van der Waals surface area contributed by atoms with Gasteiger partial charge in [-0.1, -0.05) is 60.7 Å². The molecule has 0 radical (unpaired) electrons. The fourth-order valence-corrected chi connectivity index (χ4v) is 5.18. The van der Waals surface area contributed by atoms with Gasteiger partial charge in [-0.05, 0) is 42.5 Å². The van der Waals surface area contributed by atoms with Crippen molar-refractivity contribution in [3.05, 3.63) is 101 Å². The molecule has 2 aromatic carbocycles. The molecular weight excluding hydrogens is 370 g/mol. The highest BCUT2D eigenvalue weighted by Crippen LogP contribution is 2.41. The molecule has 30 heavy (non-hydrogen) atoms. The second kappa shape index (κ2) is 8.04. The van der Waals surface area contributed by atoms with Gasteiger partial charge in [-0.2, -0.15) is 0 Å². The Hall–Kier alpha value is -2.98. The van der Waals surface area contributed by atoms with Gasteiger partial charge in [0.1, 0.15) is 0 Å². The first-order valence-corrected chi connectivity index (χ1v) is 10.8. The quantitative estimate of drug-likeness (QED) is 0.652. The molecule has 0 N–H and O–H groups in total. The molecule has 0 saturated carbocycles. The number of carbonyl (C=O) groups excluding carboxylic acids is 1. The molecule has 1 amide bonds. The number of fused-ring (bicyclic) bond motifs is 2. The molecule has 4 heteroatoms. The predicted molar refractivity (Wildman–Crippen MR) is 118 cm³/mol. The number of aromatic nitrogens is 1. The zero-order valence-electron chi connectivity index (χ0n) is 17.3. The number of rotatable bonds is 4. The van der Waals surface area contributed by atoms with Gasteiger partial charge < -0.3 is 4.90 Å². The van der Waals surface area contributed by atoms with E-state index < -0.39 is 0 Å². The molecule has 2 bridgehead atoms. The maximum atomic E-state index is 13.2. The summed E-state index contributed by atoms with van der Waals surface area (Å²) in [5.41, 5.74) is 4.37. The molecule has 152 valence electrons. The second-order valence-corrected chi connectivity index (χ2v) is 8.52. The Labute approximate surface area is 178 Å². The van der Waals surface area contributed by atoms with Gasteiger partial charge in [-0.3, -0.25) is 14.7 Å². The summed E-state index contributed by atoms with van der Waals surface area (Å²) in [4.78, 5) is 22.1. The summed E-state index contributed by atoms with van der Waals surface area (Å²) in [5.74, 6) is 0.110. The minimum Gasteiger partial charge on any atom is -0.335 e. The van der Waals surface area contributed by atoms with Crippen molar-refractivity contribution in [3.63, 3.8) is 0 Å². The van der Waals surface area contributed by atoms with Crippen molar-refractivity contribution < 1.29 is 4.79 Å². The number of likely N-dealkylation sites (tertiary alicyclic amines) is 1. The van der Waals surface area contributed by atoms with Gasteiger partial charge in [0.25, 0.3) is 5.91 Å². The van der Waals surface area contributed by atoms with Crippen LogP contribution in [-0.4, -0.2) is 45.9 Å². The van der Waals surface area contributed by atoms with Gasteiger partial charge in [-0.25, -0.2) is 0 Å². The van der Waals surface area contributed by atoms with Crippen molar-refractivity contribution >= 4 is 5.91 Å². The maximum absolute atomic E-state index is 13.2. The molecule has 1 aromatic heterocycles. The van der Waals surface area contributed by atoms with E-state index in [1.807, 2.05) is 17.9 Å². The third kappa shape index (κ3) is 3.52. The van der Waals surface area contributed by atoms with Crippen molar-refractivity contribution in [3.8, 4) is 0 Å². The van der Waals surface area contributed by atoms with E-state index in [0.29, 0.717) is 17.6 Å². The number of nitrogens with zero attached hydrogens (tertiary/aromatic N) is 3. The average Bonchev–Trinajstić information content (AvgIpc) is 3.03. The molecule has 2 atom stereocenters. The SMILES string of the molecule is Cc1cncc(C(=O)N2CC3CCC(C2)N3C(c2ccccc2)c2ccccc2)c1. The Morgan fingerprint density at radius 3 is 2.00 bits per heavy atom.